The maximum atomic E-state index is 12.0. The van der Waals surface area contributed by atoms with Crippen LogP contribution >= 0.6 is 7.37 Å². The molecule has 0 radical (unpaired) electrons. The minimum Gasteiger partial charge on any atom is -0.481 e. The Balaban J connectivity index is 2.96. The molecule has 0 heterocycles. The van der Waals surface area contributed by atoms with Crippen molar-refractivity contribution >= 4 is 18.6 Å². The van der Waals surface area contributed by atoms with Gasteiger partial charge in [-0.15, -0.1) is 5.73 Å². The molecule has 0 aromatic heterocycles. The molecule has 0 bridgehead atoms. The molecule has 2 unspecified atom stereocenters. The maximum absolute atomic E-state index is 12.0. The fourth-order valence-corrected chi connectivity index (χ4v) is 3.02. The largest absolute Gasteiger partial charge is 0.481 e. The van der Waals surface area contributed by atoms with Crippen LogP contribution < -0.4 is 5.30 Å². The van der Waals surface area contributed by atoms with Gasteiger partial charge in [-0.1, -0.05) is 24.8 Å². The molecule has 17 heavy (non-hydrogen) atoms. The van der Waals surface area contributed by atoms with Gasteiger partial charge < -0.3 is 10.00 Å². The Labute approximate surface area is 99.4 Å². The number of carbonyl (C=O) groups is 1. The zero-order valence-electron chi connectivity index (χ0n) is 9.11. The van der Waals surface area contributed by atoms with E-state index < -0.39 is 19.3 Å². The normalized spacial score (nSPS) is 15.4. The van der Waals surface area contributed by atoms with Crippen LogP contribution in [-0.4, -0.2) is 22.1 Å². The summed E-state index contributed by atoms with van der Waals surface area (Å²) in [5.74, 6) is -2.21. The Hall–Kier alpha value is -1.60. The van der Waals surface area contributed by atoms with Crippen molar-refractivity contribution in [2.75, 3.05) is 6.16 Å². The highest BCUT2D eigenvalue weighted by atomic mass is 31.2. The van der Waals surface area contributed by atoms with E-state index in [0.717, 1.165) is 0 Å². The smallest absolute Gasteiger partial charge is 0.311 e. The lowest BCUT2D eigenvalue weighted by Gasteiger charge is -2.14. The van der Waals surface area contributed by atoms with Crippen LogP contribution in [0.1, 0.15) is 0 Å². The van der Waals surface area contributed by atoms with Crippen molar-refractivity contribution in [2.45, 2.75) is 0 Å². The third-order valence-electron chi connectivity index (χ3n) is 2.24. The van der Waals surface area contributed by atoms with E-state index in [1.165, 1.54) is 18.2 Å². The summed E-state index contributed by atoms with van der Waals surface area (Å²) in [6.45, 7) is 3.27. The second kappa shape index (κ2) is 5.65. The minimum atomic E-state index is -3.66. The Kier molecular flexibility index (Phi) is 4.47. The third kappa shape index (κ3) is 3.72. The predicted molar refractivity (Wildman–Crippen MR) is 65.6 cm³/mol. The van der Waals surface area contributed by atoms with Crippen molar-refractivity contribution in [2.24, 2.45) is 5.92 Å². The third-order valence-corrected chi connectivity index (χ3v) is 4.23. The van der Waals surface area contributed by atoms with E-state index in [1.807, 2.05) is 0 Å². The lowest BCUT2D eigenvalue weighted by atomic mass is 10.2. The number of rotatable bonds is 5. The number of aliphatic carboxylic acids is 1. The highest BCUT2D eigenvalue weighted by Gasteiger charge is 2.28. The molecule has 1 rings (SSSR count). The first-order valence-corrected chi connectivity index (χ1v) is 6.78. The lowest BCUT2D eigenvalue weighted by molar-refractivity contribution is -0.139. The van der Waals surface area contributed by atoms with E-state index in [9.17, 15) is 14.3 Å². The quantitative estimate of drug-likeness (QED) is 0.617. The van der Waals surface area contributed by atoms with Gasteiger partial charge in [0.2, 0.25) is 7.37 Å². The van der Waals surface area contributed by atoms with Gasteiger partial charge in [0.05, 0.1) is 5.92 Å². The van der Waals surface area contributed by atoms with Crippen LogP contribution in [0.2, 0.25) is 0 Å². The molecular formula is C12H13O4P. The first kappa shape index (κ1) is 13.5. The van der Waals surface area contributed by atoms with Crippen LogP contribution in [-0.2, 0) is 9.36 Å². The van der Waals surface area contributed by atoms with Crippen LogP contribution in [0.25, 0.3) is 0 Å². The summed E-state index contributed by atoms with van der Waals surface area (Å²) in [6.07, 6.45) is 0.836. The number of carboxylic acids is 1. The second-order valence-electron chi connectivity index (χ2n) is 3.54. The molecule has 0 saturated carbocycles. The summed E-state index contributed by atoms with van der Waals surface area (Å²) in [5.41, 5.74) is 2.34. The van der Waals surface area contributed by atoms with E-state index in [0.29, 0.717) is 0 Å². The highest BCUT2D eigenvalue weighted by molar-refractivity contribution is 7.66. The summed E-state index contributed by atoms with van der Waals surface area (Å²) in [6, 6.07) is 8.02. The van der Waals surface area contributed by atoms with Crippen LogP contribution in [0.15, 0.2) is 48.7 Å². The van der Waals surface area contributed by atoms with Gasteiger partial charge in [-0.3, -0.25) is 9.36 Å². The van der Waals surface area contributed by atoms with Gasteiger partial charge in [0.15, 0.2) is 0 Å². The summed E-state index contributed by atoms with van der Waals surface area (Å²) in [5, 5.41) is 9.14. The second-order valence-corrected chi connectivity index (χ2v) is 5.82. The van der Waals surface area contributed by atoms with Gasteiger partial charge in [0.25, 0.3) is 0 Å². The molecule has 0 amide bonds. The van der Waals surface area contributed by atoms with Crippen LogP contribution in [0, 0.1) is 5.92 Å². The highest BCUT2D eigenvalue weighted by Crippen LogP contribution is 2.41. The Morgan fingerprint density at radius 2 is 2.06 bits per heavy atom. The van der Waals surface area contributed by atoms with Crippen molar-refractivity contribution in [1.82, 2.24) is 0 Å². The standard InChI is InChI=1S/C12H13O4P/c1-2-6-10(12(13)14)9-17(15,16)11-7-4-3-5-8-11/h3-8,10H,1,9H2,(H,13,14)(H,15,16). The van der Waals surface area contributed by atoms with Crippen LogP contribution in [0.4, 0.5) is 0 Å². The van der Waals surface area contributed by atoms with Crippen LogP contribution in [0.5, 0.6) is 0 Å². The fraction of sp³-hybridized carbons (Fsp3) is 0.167. The van der Waals surface area contributed by atoms with Crippen molar-refractivity contribution in [1.29, 1.82) is 0 Å². The maximum Gasteiger partial charge on any atom is 0.311 e. The van der Waals surface area contributed by atoms with Gasteiger partial charge >= 0.3 is 5.97 Å². The molecule has 0 aliphatic heterocycles. The number of carboxylic acid groups (broad SMARTS) is 1. The average molecular weight is 252 g/mol. The first-order valence-electron chi connectivity index (χ1n) is 4.93. The van der Waals surface area contributed by atoms with Gasteiger partial charge in [-0.05, 0) is 18.2 Å². The van der Waals surface area contributed by atoms with E-state index in [1.54, 1.807) is 18.2 Å². The minimum absolute atomic E-state index is 0.253. The zero-order valence-corrected chi connectivity index (χ0v) is 10.0. The Bertz CT molecular complexity index is 486. The molecule has 2 N–H and O–H groups in total. The molecule has 4 nitrogen and oxygen atoms in total. The topological polar surface area (TPSA) is 74.6 Å². The summed E-state index contributed by atoms with van der Waals surface area (Å²) in [4.78, 5) is 20.7. The Morgan fingerprint density at radius 1 is 1.47 bits per heavy atom. The molecular weight excluding hydrogens is 239 g/mol. The number of hydrogen-bond acceptors (Lipinski definition) is 2. The molecule has 2 atom stereocenters. The van der Waals surface area contributed by atoms with Crippen molar-refractivity contribution in [3.63, 3.8) is 0 Å². The molecule has 5 heteroatoms. The van der Waals surface area contributed by atoms with Crippen molar-refractivity contribution < 1.29 is 19.4 Å². The van der Waals surface area contributed by atoms with E-state index in [4.69, 9.17) is 5.11 Å². The first-order chi connectivity index (χ1) is 7.97. The zero-order chi connectivity index (χ0) is 12.9. The van der Waals surface area contributed by atoms with E-state index >= 15 is 0 Å². The van der Waals surface area contributed by atoms with Gasteiger partial charge in [0.1, 0.15) is 0 Å². The van der Waals surface area contributed by atoms with Gasteiger partial charge in [-0.2, -0.15) is 0 Å². The molecule has 90 valence electrons. The summed E-state index contributed by atoms with van der Waals surface area (Å²) >= 11 is 0. The predicted octanol–water partition coefficient (Wildman–Crippen LogP) is 1.62. The molecule has 0 spiro atoms. The monoisotopic (exact) mass is 252 g/mol. The SMILES string of the molecule is C=C=CC(CP(=O)(O)c1ccccc1)C(=O)O. The molecule has 0 aliphatic rings. The Morgan fingerprint density at radius 3 is 2.53 bits per heavy atom. The molecule has 0 fully saturated rings. The number of hydrogen-bond donors (Lipinski definition) is 2. The summed E-state index contributed by atoms with van der Waals surface area (Å²) in [7, 11) is -3.66. The van der Waals surface area contributed by atoms with Crippen LogP contribution in [0.3, 0.4) is 0 Å². The summed E-state index contributed by atoms with van der Waals surface area (Å²) < 4.78 is 12.0. The van der Waals surface area contributed by atoms with Gasteiger partial charge in [0, 0.05) is 11.5 Å². The molecule has 1 aromatic carbocycles. The number of benzene rings is 1. The van der Waals surface area contributed by atoms with Gasteiger partial charge in [-0.25, -0.2) is 0 Å². The fourth-order valence-electron chi connectivity index (χ4n) is 1.38. The molecule has 1 aromatic rings. The molecule has 0 aliphatic carbocycles. The van der Waals surface area contributed by atoms with Crippen molar-refractivity contribution in [3.05, 3.63) is 48.7 Å². The average Bonchev–Trinajstić information content (AvgIpc) is 2.29. The van der Waals surface area contributed by atoms with E-state index in [2.05, 4.69) is 12.3 Å². The van der Waals surface area contributed by atoms with Crippen molar-refractivity contribution in [3.8, 4) is 0 Å². The lowest BCUT2D eigenvalue weighted by Crippen LogP contribution is -2.19. The van der Waals surface area contributed by atoms with E-state index in [-0.39, 0.29) is 11.5 Å². The molecule has 0 saturated heterocycles.